The molecule has 3 fully saturated rings. The van der Waals surface area contributed by atoms with Crippen LogP contribution in [0, 0.1) is 23.7 Å². The lowest BCUT2D eigenvalue weighted by Gasteiger charge is -2.53. The first-order valence-electron chi connectivity index (χ1n) is 12.8. The number of amides is 1. The van der Waals surface area contributed by atoms with Crippen LogP contribution in [0.2, 0.25) is 5.02 Å². The second-order valence-corrected chi connectivity index (χ2v) is 11.0. The van der Waals surface area contributed by atoms with E-state index in [0.717, 1.165) is 75.8 Å². The van der Waals surface area contributed by atoms with Gasteiger partial charge in [-0.2, -0.15) is 5.26 Å². The van der Waals surface area contributed by atoms with E-state index in [1.807, 2.05) is 13.0 Å². The van der Waals surface area contributed by atoms with Crippen molar-refractivity contribution >= 4 is 23.3 Å². The normalized spacial score (nSPS) is 23.6. The van der Waals surface area contributed by atoms with Gasteiger partial charge in [0.15, 0.2) is 11.5 Å². The van der Waals surface area contributed by atoms with E-state index in [1.54, 1.807) is 18.2 Å². The first kappa shape index (κ1) is 24.8. The van der Waals surface area contributed by atoms with Crippen molar-refractivity contribution in [2.24, 2.45) is 5.41 Å². The molecule has 0 bridgehead atoms. The number of carbonyl (C=O) groups excluding carboxylic acids is 1. The SMILES string of the molecule is Cc1c(OC2CCC(NC(=O)c3ccc(N4CC5(CCC(O)CC5)C4)nn3)CC2)ccc(C#N)c1Cl. The third-order valence-electron chi connectivity index (χ3n) is 8.04. The Labute approximate surface area is 216 Å². The molecular weight excluding hydrogens is 478 g/mol. The smallest absolute Gasteiger partial charge is 0.272 e. The fourth-order valence-electron chi connectivity index (χ4n) is 5.72. The lowest BCUT2D eigenvalue weighted by molar-refractivity contribution is 0.0449. The Hall–Kier alpha value is -2.89. The van der Waals surface area contributed by atoms with Gasteiger partial charge in [0.2, 0.25) is 0 Å². The molecule has 1 aliphatic heterocycles. The molecule has 36 heavy (non-hydrogen) atoms. The van der Waals surface area contributed by atoms with Gasteiger partial charge in [-0.05, 0) is 82.6 Å². The molecule has 2 aromatic rings. The Kier molecular flexibility index (Phi) is 7.05. The van der Waals surface area contributed by atoms with Crippen molar-refractivity contribution in [3.63, 3.8) is 0 Å². The van der Waals surface area contributed by atoms with Gasteiger partial charge in [-0.1, -0.05) is 11.6 Å². The number of hydrogen-bond donors (Lipinski definition) is 2. The number of hydrogen-bond acceptors (Lipinski definition) is 7. The molecule has 3 aliphatic rings. The summed E-state index contributed by atoms with van der Waals surface area (Å²) in [7, 11) is 0. The maximum atomic E-state index is 12.7. The number of nitrogens with zero attached hydrogens (tertiary/aromatic N) is 4. The molecule has 5 rings (SSSR count). The molecule has 1 aromatic carbocycles. The first-order chi connectivity index (χ1) is 17.4. The Morgan fingerprint density at radius 2 is 1.86 bits per heavy atom. The molecule has 0 radical (unpaired) electrons. The quantitative estimate of drug-likeness (QED) is 0.622. The number of nitriles is 1. The van der Waals surface area contributed by atoms with Gasteiger partial charge < -0.3 is 20.1 Å². The largest absolute Gasteiger partial charge is 0.490 e. The van der Waals surface area contributed by atoms with E-state index in [9.17, 15) is 9.90 Å². The number of carbonyl (C=O) groups is 1. The highest BCUT2D eigenvalue weighted by Gasteiger charge is 2.45. The average Bonchev–Trinajstić information content (AvgIpc) is 2.87. The predicted octanol–water partition coefficient (Wildman–Crippen LogP) is 4.17. The summed E-state index contributed by atoms with van der Waals surface area (Å²) in [6, 6.07) is 9.27. The number of aromatic nitrogens is 2. The third kappa shape index (κ3) is 5.14. The molecule has 1 spiro atoms. The second kappa shape index (κ2) is 10.2. The minimum absolute atomic E-state index is 0.0483. The first-order valence-corrected chi connectivity index (χ1v) is 13.2. The van der Waals surface area contributed by atoms with Gasteiger partial charge in [0.1, 0.15) is 11.8 Å². The van der Waals surface area contributed by atoms with E-state index in [0.29, 0.717) is 27.4 Å². The van der Waals surface area contributed by atoms with E-state index >= 15 is 0 Å². The number of aliphatic hydroxyl groups excluding tert-OH is 1. The summed E-state index contributed by atoms with van der Waals surface area (Å²) >= 11 is 6.26. The summed E-state index contributed by atoms with van der Waals surface area (Å²) in [6.07, 6.45) is 7.07. The Balaban J connectivity index is 1.08. The molecule has 2 N–H and O–H groups in total. The maximum absolute atomic E-state index is 12.7. The molecule has 8 nitrogen and oxygen atoms in total. The number of nitrogens with one attached hydrogen (secondary N) is 1. The van der Waals surface area contributed by atoms with Crippen molar-refractivity contribution < 1.29 is 14.6 Å². The summed E-state index contributed by atoms with van der Waals surface area (Å²) < 4.78 is 6.16. The number of rotatable bonds is 5. The number of halogens is 1. The summed E-state index contributed by atoms with van der Waals surface area (Å²) in [5, 5.41) is 30.9. The molecule has 9 heteroatoms. The second-order valence-electron chi connectivity index (χ2n) is 10.6. The summed E-state index contributed by atoms with van der Waals surface area (Å²) in [5.74, 6) is 1.31. The van der Waals surface area contributed by atoms with Crippen molar-refractivity contribution in [2.75, 3.05) is 18.0 Å². The van der Waals surface area contributed by atoms with Crippen molar-refractivity contribution in [1.82, 2.24) is 15.5 Å². The summed E-state index contributed by atoms with van der Waals surface area (Å²) in [4.78, 5) is 14.9. The van der Waals surface area contributed by atoms with Gasteiger partial charge >= 0.3 is 0 Å². The highest BCUT2D eigenvalue weighted by molar-refractivity contribution is 6.32. The molecule has 2 saturated carbocycles. The van der Waals surface area contributed by atoms with Gasteiger partial charge in [0.25, 0.3) is 5.91 Å². The molecule has 2 aliphatic carbocycles. The van der Waals surface area contributed by atoms with Crippen LogP contribution in [0.5, 0.6) is 5.75 Å². The third-order valence-corrected chi connectivity index (χ3v) is 8.52. The van der Waals surface area contributed by atoms with Crippen LogP contribution in [0.1, 0.15) is 73.0 Å². The van der Waals surface area contributed by atoms with Crippen LogP contribution in [-0.4, -0.2) is 52.6 Å². The van der Waals surface area contributed by atoms with E-state index in [2.05, 4.69) is 26.5 Å². The van der Waals surface area contributed by atoms with Crippen molar-refractivity contribution in [2.45, 2.75) is 76.5 Å². The van der Waals surface area contributed by atoms with E-state index in [1.165, 1.54) is 0 Å². The maximum Gasteiger partial charge on any atom is 0.272 e. The van der Waals surface area contributed by atoms with Gasteiger partial charge in [-0.3, -0.25) is 4.79 Å². The highest BCUT2D eigenvalue weighted by Crippen LogP contribution is 2.45. The van der Waals surface area contributed by atoms with Gasteiger partial charge in [0, 0.05) is 30.1 Å². The molecule has 190 valence electrons. The van der Waals surface area contributed by atoms with Gasteiger partial charge in [0.05, 0.1) is 22.8 Å². The fourth-order valence-corrected chi connectivity index (χ4v) is 5.92. The molecule has 2 heterocycles. The van der Waals surface area contributed by atoms with Gasteiger partial charge in [-0.25, -0.2) is 0 Å². The van der Waals surface area contributed by atoms with Crippen LogP contribution in [0.4, 0.5) is 5.82 Å². The van der Waals surface area contributed by atoms with Crippen LogP contribution in [0.25, 0.3) is 0 Å². The predicted molar refractivity (Wildman–Crippen MR) is 136 cm³/mol. The molecule has 0 atom stereocenters. The zero-order valence-electron chi connectivity index (χ0n) is 20.5. The van der Waals surface area contributed by atoms with E-state index in [4.69, 9.17) is 21.6 Å². The summed E-state index contributed by atoms with van der Waals surface area (Å²) in [5.41, 5.74) is 1.86. The Morgan fingerprint density at radius 1 is 1.14 bits per heavy atom. The van der Waals surface area contributed by atoms with E-state index < -0.39 is 0 Å². The fraction of sp³-hybridized carbons (Fsp3) is 0.556. The number of anilines is 1. The van der Waals surface area contributed by atoms with Crippen molar-refractivity contribution in [1.29, 1.82) is 5.26 Å². The molecule has 0 unspecified atom stereocenters. The zero-order chi connectivity index (χ0) is 25.3. The molecule has 1 saturated heterocycles. The van der Waals surface area contributed by atoms with Gasteiger partial charge in [-0.15, -0.1) is 10.2 Å². The minimum Gasteiger partial charge on any atom is -0.490 e. The number of benzene rings is 1. The molecule has 1 amide bonds. The minimum atomic E-state index is -0.200. The average molecular weight is 510 g/mol. The van der Waals surface area contributed by atoms with Crippen LogP contribution in [0.15, 0.2) is 24.3 Å². The molecular formula is C27H32ClN5O3. The van der Waals surface area contributed by atoms with Crippen molar-refractivity contribution in [3.8, 4) is 11.8 Å². The van der Waals surface area contributed by atoms with Crippen LogP contribution >= 0.6 is 11.6 Å². The summed E-state index contributed by atoms with van der Waals surface area (Å²) in [6.45, 7) is 3.75. The lowest BCUT2D eigenvalue weighted by atomic mass is 9.68. The van der Waals surface area contributed by atoms with E-state index in [-0.39, 0.29) is 24.2 Å². The van der Waals surface area contributed by atoms with Crippen LogP contribution in [-0.2, 0) is 0 Å². The number of aliphatic hydroxyl groups is 1. The van der Waals surface area contributed by atoms with Crippen LogP contribution in [0.3, 0.4) is 0 Å². The lowest BCUT2D eigenvalue weighted by Crippen LogP contribution is -2.58. The monoisotopic (exact) mass is 509 g/mol. The Bertz CT molecular complexity index is 1140. The van der Waals surface area contributed by atoms with Crippen molar-refractivity contribution in [3.05, 3.63) is 46.1 Å². The Morgan fingerprint density at radius 3 is 2.50 bits per heavy atom. The topological polar surface area (TPSA) is 111 Å². The van der Waals surface area contributed by atoms with Crippen LogP contribution < -0.4 is 15.0 Å². The zero-order valence-corrected chi connectivity index (χ0v) is 21.3. The molecule has 1 aromatic heterocycles. The standard InChI is InChI=1S/C27H32ClN5O3/c1-17-23(8-2-18(14-29)25(17)28)36-21-5-3-19(4-6-21)30-26(35)22-7-9-24(32-31-22)33-15-27(16-33)12-10-20(34)11-13-27/h2,7-9,19-21,34H,3-6,10-13,15-16H2,1H3,(H,30,35). The number of ether oxygens (including phenoxy) is 1. The highest BCUT2D eigenvalue weighted by atomic mass is 35.5.